The Morgan fingerprint density at radius 3 is 2.93 bits per heavy atom. The summed E-state index contributed by atoms with van der Waals surface area (Å²) in [5, 5.41) is 12.4. The minimum Gasteiger partial charge on any atom is -0.391 e. The number of hydrogen-bond acceptors (Lipinski definition) is 3. The van der Waals surface area contributed by atoms with Crippen LogP contribution < -0.4 is 5.32 Å². The van der Waals surface area contributed by atoms with E-state index < -0.39 is 0 Å². The molecule has 82 valence electrons. The molecule has 4 nitrogen and oxygen atoms in total. The Morgan fingerprint density at radius 2 is 2.43 bits per heavy atom. The van der Waals surface area contributed by atoms with Crippen LogP contribution in [0.3, 0.4) is 0 Å². The molecule has 1 saturated heterocycles. The average molecular weight is 200 g/mol. The number of aliphatic hydroxyl groups excluding tert-OH is 1. The summed E-state index contributed by atoms with van der Waals surface area (Å²) >= 11 is 0. The maximum absolute atomic E-state index is 11.6. The minimum atomic E-state index is -0.317. The largest absolute Gasteiger partial charge is 0.391 e. The highest BCUT2D eigenvalue weighted by molar-refractivity contribution is 5.78. The maximum atomic E-state index is 11.6. The zero-order valence-electron chi connectivity index (χ0n) is 8.99. The Morgan fingerprint density at radius 1 is 1.71 bits per heavy atom. The molecule has 1 aliphatic heterocycles. The van der Waals surface area contributed by atoms with E-state index in [-0.39, 0.29) is 12.0 Å². The lowest BCUT2D eigenvalue weighted by Crippen LogP contribution is -2.40. The fraction of sp³-hybridized carbons (Fsp3) is 0.900. The van der Waals surface area contributed by atoms with Crippen molar-refractivity contribution in [2.24, 2.45) is 0 Å². The summed E-state index contributed by atoms with van der Waals surface area (Å²) in [5.74, 6) is 0.0989. The smallest absolute Gasteiger partial charge is 0.236 e. The Labute approximate surface area is 85.3 Å². The van der Waals surface area contributed by atoms with Gasteiger partial charge in [-0.25, -0.2) is 0 Å². The second-order valence-corrected chi connectivity index (χ2v) is 3.97. The van der Waals surface area contributed by atoms with E-state index in [1.165, 1.54) is 0 Å². The van der Waals surface area contributed by atoms with Crippen LogP contribution in [0.4, 0.5) is 0 Å². The Balaban J connectivity index is 2.22. The van der Waals surface area contributed by atoms with Crippen LogP contribution in [0.2, 0.25) is 0 Å². The molecule has 2 N–H and O–H groups in total. The predicted octanol–water partition coefficient (Wildman–Crippen LogP) is -0.0323. The molecule has 4 heteroatoms. The van der Waals surface area contributed by atoms with Crippen molar-refractivity contribution in [3.8, 4) is 0 Å². The molecule has 0 saturated carbocycles. The zero-order valence-corrected chi connectivity index (χ0v) is 8.99. The first-order valence-electron chi connectivity index (χ1n) is 5.32. The summed E-state index contributed by atoms with van der Waals surface area (Å²) in [5.41, 5.74) is 0. The fourth-order valence-corrected chi connectivity index (χ4v) is 1.49. The maximum Gasteiger partial charge on any atom is 0.236 e. The molecule has 1 fully saturated rings. The molecule has 1 aliphatic rings. The first-order valence-corrected chi connectivity index (χ1v) is 5.32. The van der Waals surface area contributed by atoms with Crippen molar-refractivity contribution in [2.45, 2.75) is 38.8 Å². The summed E-state index contributed by atoms with van der Waals surface area (Å²) in [6.45, 7) is 5.73. The van der Waals surface area contributed by atoms with Crippen LogP contribution in [0.15, 0.2) is 0 Å². The van der Waals surface area contributed by atoms with Gasteiger partial charge in [-0.3, -0.25) is 4.79 Å². The topological polar surface area (TPSA) is 52.6 Å². The first-order chi connectivity index (χ1) is 6.63. The molecule has 14 heavy (non-hydrogen) atoms. The Kier molecular flexibility index (Phi) is 4.35. The number of aliphatic hydroxyl groups is 1. The SMILES string of the molecule is CCC(C)NCC(=O)N1CC[C@@H](O)C1. The van der Waals surface area contributed by atoms with Gasteiger partial charge in [0, 0.05) is 19.1 Å². The van der Waals surface area contributed by atoms with Crippen molar-refractivity contribution < 1.29 is 9.90 Å². The Bertz CT molecular complexity index is 197. The van der Waals surface area contributed by atoms with Crippen molar-refractivity contribution in [1.29, 1.82) is 0 Å². The van der Waals surface area contributed by atoms with E-state index in [0.717, 1.165) is 12.8 Å². The lowest BCUT2D eigenvalue weighted by atomic mass is 10.2. The highest BCUT2D eigenvalue weighted by Gasteiger charge is 2.23. The highest BCUT2D eigenvalue weighted by atomic mass is 16.3. The molecule has 1 heterocycles. The van der Waals surface area contributed by atoms with Gasteiger partial charge in [-0.1, -0.05) is 6.92 Å². The molecule has 0 aromatic carbocycles. The van der Waals surface area contributed by atoms with Gasteiger partial charge in [-0.15, -0.1) is 0 Å². The third-order valence-corrected chi connectivity index (χ3v) is 2.73. The molecule has 0 aromatic heterocycles. The van der Waals surface area contributed by atoms with Crippen LogP contribution in [0, 0.1) is 0 Å². The normalized spacial score (nSPS) is 23.9. The minimum absolute atomic E-state index is 0.0989. The van der Waals surface area contributed by atoms with Crippen LogP contribution in [0.25, 0.3) is 0 Å². The molecule has 0 bridgehead atoms. The standard InChI is InChI=1S/C10H20N2O2/c1-3-8(2)11-6-10(14)12-5-4-9(13)7-12/h8-9,11,13H,3-7H2,1-2H3/t8?,9-/m1/s1. The van der Waals surface area contributed by atoms with Crippen molar-refractivity contribution in [1.82, 2.24) is 10.2 Å². The summed E-state index contributed by atoms with van der Waals surface area (Å²) in [6.07, 6.45) is 1.42. The number of nitrogens with zero attached hydrogens (tertiary/aromatic N) is 1. The number of carbonyl (C=O) groups is 1. The van der Waals surface area contributed by atoms with Crippen molar-refractivity contribution >= 4 is 5.91 Å². The van der Waals surface area contributed by atoms with E-state index in [2.05, 4.69) is 19.2 Å². The van der Waals surface area contributed by atoms with Gasteiger partial charge in [0.25, 0.3) is 0 Å². The highest BCUT2D eigenvalue weighted by Crippen LogP contribution is 2.08. The lowest BCUT2D eigenvalue weighted by Gasteiger charge is -2.17. The van der Waals surface area contributed by atoms with Gasteiger partial charge in [0.15, 0.2) is 0 Å². The molecule has 1 amide bonds. The predicted molar refractivity (Wildman–Crippen MR) is 55.0 cm³/mol. The van der Waals surface area contributed by atoms with Gasteiger partial charge < -0.3 is 15.3 Å². The number of carbonyl (C=O) groups excluding carboxylic acids is 1. The third kappa shape index (κ3) is 3.27. The van der Waals surface area contributed by atoms with Crippen molar-refractivity contribution in [3.05, 3.63) is 0 Å². The van der Waals surface area contributed by atoms with E-state index in [0.29, 0.717) is 25.7 Å². The van der Waals surface area contributed by atoms with E-state index in [9.17, 15) is 9.90 Å². The van der Waals surface area contributed by atoms with Gasteiger partial charge in [-0.2, -0.15) is 0 Å². The van der Waals surface area contributed by atoms with Gasteiger partial charge in [-0.05, 0) is 19.8 Å². The first kappa shape index (κ1) is 11.5. The number of amides is 1. The lowest BCUT2D eigenvalue weighted by molar-refractivity contribution is -0.129. The van der Waals surface area contributed by atoms with Crippen LogP contribution in [0.1, 0.15) is 26.7 Å². The van der Waals surface area contributed by atoms with Crippen LogP contribution in [0.5, 0.6) is 0 Å². The molecule has 0 spiro atoms. The fourth-order valence-electron chi connectivity index (χ4n) is 1.49. The number of likely N-dealkylation sites (tertiary alicyclic amines) is 1. The summed E-state index contributed by atoms with van der Waals surface area (Å²) in [6, 6.07) is 0.381. The molecular weight excluding hydrogens is 180 g/mol. The summed E-state index contributed by atoms with van der Waals surface area (Å²) in [7, 11) is 0. The van der Waals surface area contributed by atoms with E-state index in [4.69, 9.17) is 0 Å². The van der Waals surface area contributed by atoms with Gasteiger partial charge in [0.2, 0.25) is 5.91 Å². The van der Waals surface area contributed by atoms with E-state index >= 15 is 0 Å². The summed E-state index contributed by atoms with van der Waals surface area (Å²) in [4.78, 5) is 13.3. The third-order valence-electron chi connectivity index (χ3n) is 2.73. The zero-order chi connectivity index (χ0) is 10.6. The quantitative estimate of drug-likeness (QED) is 0.670. The molecule has 0 radical (unpaired) electrons. The monoisotopic (exact) mass is 200 g/mol. The van der Waals surface area contributed by atoms with E-state index in [1.54, 1.807) is 4.90 Å². The number of β-amino-alcohol motifs (C(OH)–C–C–N with tert-alkyl or cyclic N) is 1. The number of rotatable bonds is 4. The molecule has 1 rings (SSSR count). The second-order valence-electron chi connectivity index (χ2n) is 3.97. The Hall–Kier alpha value is -0.610. The van der Waals surface area contributed by atoms with E-state index in [1.807, 2.05) is 0 Å². The molecule has 0 aliphatic carbocycles. The van der Waals surface area contributed by atoms with Gasteiger partial charge in [0.05, 0.1) is 12.6 Å². The molecular formula is C10H20N2O2. The van der Waals surface area contributed by atoms with Crippen molar-refractivity contribution in [2.75, 3.05) is 19.6 Å². The molecule has 2 atom stereocenters. The second kappa shape index (κ2) is 5.32. The average Bonchev–Trinajstić information content (AvgIpc) is 2.60. The van der Waals surface area contributed by atoms with Crippen LogP contribution in [-0.2, 0) is 4.79 Å². The van der Waals surface area contributed by atoms with Crippen molar-refractivity contribution in [3.63, 3.8) is 0 Å². The summed E-state index contributed by atoms with van der Waals surface area (Å²) < 4.78 is 0. The molecule has 0 aromatic rings. The number of hydrogen-bond donors (Lipinski definition) is 2. The number of nitrogens with one attached hydrogen (secondary N) is 1. The molecule has 1 unspecified atom stereocenters. The van der Waals surface area contributed by atoms with Gasteiger partial charge in [0.1, 0.15) is 0 Å². The van der Waals surface area contributed by atoms with Crippen LogP contribution >= 0.6 is 0 Å². The van der Waals surface area contributed by atoms with Crippen LogP contribution in [-0.4, -0.2) is 47.7 Å². The van der Waals surface area contributed by atoms with Gasteiger partial charge >= 0.3 is 0 Å².